The summed E-state index contributed by atoms with van der Waals surface area (Å²) in [5, 5.41) is 2.92. The van der Waals surface area contributed by atoms with Crippen LogP contribution in [0.4, 0.5) is 4.79 Å². The van der Waals surface area contributed by atoms with Crippen LogP contribution in [0.15, 0.2) is 36.4 Å². The van der Waals surface area contributed by atoms with Gasteiger partial charge in [-0.15, -0.1) is 0 Å². The molecule has 1 N–H and O–H groups in total. The van der Waals surface area contributed by atoms with Crippen molar-refractivity contribution in [3.8, 4) is 0 Å². The molecular weight excluding hydrogens is 330 g/mol. The fourth-order valence-corrected chi connectivity index (χ4v) is 3.42. The van der Waals surface area contributed by atoms with Gasteiger partial charge in [0, 0.05) is 12.0 Å². The number of fused-ring (bicyclic) bond motifs is 1. The van der Waals surface area contributed by atoms with Gasteiger partial charge in [0.1, 0.15) is 6.17 Å². The van der Waals surface area contributed by atoms with Crippen LogP contribution in [-0.2, 0) is 0 Å². The summed E-state index contributed by atoms with van der Waals surface area (Å²) in [5.74, 6) is -0.741. The number of hydrogen-bond acceptors (Lipinski definition) is 3. The third kappa shape index (κ3) is 2.89. The standard InChI is InChI=1S/C20H25N3O3/c1-19(2,3)17(21-18(26)22-12-8-11-20(22,4)5)23-15(24)13-9-6-7-10-14(13)16(23)25/h6-11,17H,12H2,1-5H3,(H,21,26). The van der Waals surface area contributed by atoms with Gasteiger partial charge in [-0.2, -0.15) is 0 Å². The van der Waals surface area contributed by atoms with Gasteiger partial charge in [-0.3, -0.25) is 14.5 Å². The Balaban J connectivity index is 1.90. The van der Waals surface area contributed by atoms with Crippen LogP contribution in [0.3, 0.4) is 0 Å². The maximum atomic E-state index is 12.9. The van der Waals surface area contributed by atoms with Crippen LogP contribution in [0, 0.1) is 5.41 Å². The molecule has 0 fully saturated rings. The van der Waals surface area contributed by atoms with Crippen molar-refractivity contribution in [1.29, 1.82) is 0 Å². The summed E-state index contributed by atoms with van der Waals surface area (Å²) in [4.78, 5) is 41.5. The molecule has 2 aliphatic heterocycles. The first kappa shape index (κ1) is 18.2. The zero-order valence-corrected chi connectivity index (χ0v) is 15.9. The molecule has 0 aromatic heterocycles. The lowest BCUT2D eigenvalue weighted by Gasteiger charge is -2.40. The van der Waals surface area contributed by atoms with Crippen molar-refractivity contribution in [2.45, 2.75) is 46.3 Å². The van der Waals surface area contributed by atoms with Crippen molar-refractivity contribution >= 4 is 17.8 Å². The lowest BCUT2D eigenvalue weighted by molar-refractivity contribution is 0.0398. The highest BCUT2D eigenvalue weighted by Gasteiger charge is 2.46. The highest BCUT2D eigenvalue weighted by Crippen LogP contribution is 2.31. The van der Waals surface area contributed by atoms with Gasteiger partial charge in [-0.1, -0.05) is 45.1 Å². The quantitative estimate of drug-likeness (QED) is 0.655. The second-order valence-electron chi connectivity index (χ2n) is 8.41. The molecule has 4 amide bonds. The largest absolute Gasteiger partial charge is 0.320 e. The van der Waals surface area contributed by atoms with Crippen molar-refractivity contribution in [2.75, 3.05) is 6.54 Å². The molecule has 6 heteroatoms. The molecule has 0 aliphatic carbocycles. The van der Waals surface area contributed by atoms with Crippen LogP contribution in [0.5, 0.6) is 0 Å². The van der Waals surface area contributed by atoms with Gasteiger partial charge < -0.3 is 10.2 Å². The number of urea groups is 1. The van der Waals surface area contributed by atoms with E-state index in [2.05, 4.69) is 5.32 Å². The number of hydrogen-bond donors (Lipinski definition) is 1. The van der Waals surface area contributed by atoms with Gasteiger partial charge in [0.15, 0.2) is 0 Å². The van der Waals surface area contributed by atoms with Crippen LogP contribution < -0.4 is 5.32 Å². The molecule has 1 unspecified atom stereocenters. The third-order valence-electron chi connectivity index (χ3n) is 4.92. The summed E-state index contributed by atoms with van der Waals surface area (Å²) < 4.78 is 0. The first-order valence-electron chi connectivity index (χ1n) is 8.77. The van der Waals surface area contributed by atoms with Crippen LogP contribution in [0.1, 0.15) is 55.3 Å². The van der Waals surface area contributed by atoms with Gasteiger partial charge in [0.05, 0.1) is 16.7 Å². The van der Waals surface area contributed by atoms with Crippen LogP contribution >= 0.6 is 0 Å². The predicted octanol–water partition coefficient (Wildman–Crippen LogP) is 3.01. The van der Waals surface area contributed by atoms with E-state index in [4.69, 9.17) is 0 Å². The number of carbonyl (C=O) groups excluding carboxylic acids is 3. The summed E-state index contributed by atoms with van der Waals surface area (Å²) >= 11 is 0. The zero-order valence-electron chi connectivity index (χ0n) is 15.9. The predicted molar refractivity (Wildman–Crippen MR) is 98.6 cm³/mol. The number of carbonyl (C=O) groups is 3. The average Bonchev–Trinajstić information content (AvgIpc) is 3.02. The van der Waals surface area contributed by atoms with E-state index in [0.717, 1.165) is 0 Å². The van der Waals surface area contributed by atoms with Crippen LogP contribution in [-0.4, -0.2) is 45.9 Å². The molecule has 26 heavy (non-hydrogen) atoms. The van der Waals surface area contributed by atoms with Gasteiger partial charge >= 0.3 is 6.03 Å². The Bertz CT molecular complexity index is 770. The molecule has 0 spiro atoms. The van der Waals surface area contributed by atoms with Crippen molar-refractivity contribution < 1.29 is 14.4 Å². The van der Waals surface area contributed by atoms with E-state index in [1.807, 2.05) is 46.8 Å². The minimum Gasteiger partial charge on any atom is -0.317 e. The van der Waals surface area contributed by atoms with Crippen molar-refractivity contribution in [2.24, 2.45) is 5.41 Å². The number of rotatable bonds is 2. The van der Waals surface area contributed by atoms with Gasteiger partial charge in [-0.05, 0) is 26.0 Å². The minimum atomic E-state index is -0.751. The Hall–Kier alpha value is -2.63. The topological polar surface area (TPSA) is 69.7 Å². The molecule has 2 heterocycles. The Morgan fingerprint density at radius 1 is 1.12 bits per heavy atom. The first-order valence-corrected chi connectivity index (χ1v) is 8.77. The lowest BCUT2D eigenvalue weighted by Crippen LogP contribution is -2.61. The number of nitrogens with zero attached hydrogens (tertiary/aromatic N) is 2. The maximum Gasteiger partial charge on any atom is 0.320 e. The third-order valence-corrected chi connectivity index (χ3v) is 4.92. The van der Waals surface area contributed by atoms with Crippen molar-refractivity contribution in [1.82, 2.24) is 15.1 Å². The molecule has 1 aromatic carbocycles. The molecule has 0 saturated heterocycles. The Labute approximate surface area is 153 Å². The van der Waals surface area contributed by atoms with Crippen molar-refractivity contribution in [3.63, 3.8) is 0 Å². The monoisotopic (exact) mass is 355 g/mol. The highest BCUT2D eigenvalue weighted by atomic mass is 16.2. The molecular formula is C20H25N3O3. The van der Waals surface area contributed by atoms with E-state index in [9.17, 15) is 14.4 Å². The normalized spacial score (nSPS) is 19.7. The van der Waals surface area contributed by atoms with Gasteiger partial charge in [0.2, 0.25) is 0 Å². The Morgan fingerprint density at radius 2 is 1.65 bits per heavy atom. The lowest BCUT2D eigenvalue weighted by atomic mass is 9.91. The van der Waals surface area contributed by atoms with E-state index in [0.29, 0.717) is 17.7 Å². The average molecular weight is 355 g/mol. The fourth-order valence-electron chi connectivity index (χ4n) is 3.42. The Morgan fingerprint density at radius 3 is 2.08 bits per heavy atom. The minimum absolute atomic E-state index is 0.295. The number of amides is 4. The summed E-state index contributed by atoms with van der Waals surface area (Å²) in [6.07, 6.45) is 3.16. The summed E-state index contributed by atoms with van der Waals surface area (Å²) in [6, 6.07) is 6.46. The van der Waals surface area contributed by atoms with E-state index in [-0.39, 0.29) is 17.8 Å². The molecule has 0 bridgehead atoms. The maximum absolute atomic E-state index is 12.9. The molecule has 3 rings (SSSR count). The Kier molecular flexibility index (Phi) is 4.17. The fraction of sp³-hybridized carbons (Fsp3) is 0.450. The second-order valence-corrected chi connectivity index (χ2v) is 8.41. The summed E-state index contributed by atoms with van der Waals surface area (Å²) in [5.41, 5.74) is -0.178. The molecule has 0 saturated carbocycles. The molecule has 2 aliphatic rings. The van der Waals surface area contributed by atoms with E-state index < -0.39 is 17.1 Å². The summed E-state index contributed by atoms with van der Waals surface area (Å²) in [6.45, 7) is 10.1. The van der Waals surface area contributed by atoms with Crippen molar-refractivity contribution in [3.05, 3.63) is 47.5 Å². The summed E-state index contributed by atoms with van der Waals surface area (Å²) in [7, 11) is 0. The van der Waals surface area contributed by atoms with Gasteiger partial charge in [0.25, 0.3) is 11.8 Å². The number of benzene rings is 1. The second kappa shape index (κ2) is 5.97. The highest BCUT2D eigenvalue weighted by molar-refractivity contribution is 6.21. The van der Waals surface area contributed by atoms with E-state index >= 15 is 0 Å². The molecule has 1 aromatic rings. The van der Waals surface area contributed by atoms with Crippen LogP contribution in [0.25, 0.3) is 0 Å². The SMILES string of the molecule is CC(C)(C)C(NC(=O)N1CC=CC1(C)C)N1C(=O)c2ccccc2C1=O. The number of imide groups is 1. The smallest absolute Gasteiger partial charge is 0.317 e. The van der Waals surface area contributed by atoms with E-state index in [1.165, 1.54) is 4.90 Å². The molecule has 1 atom stereocenters. The molecule has 6 nitrogen and oxygen atoms in total. The first-order chi connectivity index (χ1) is 12.0. The molecule has 138 valence electrons. The van der Waals surface area contributed by atoms with Crippen LogP contribution in [0.2, 0.25) is 0 Å². The zero-order chi connectivity index (χ0) is 19.3. The van der Waals surface area contributed by atoms with Gasteiger partial charge in [-0.25, -0.2) is 4.79 Å². The number of nitrogens with one attached hydrogen (secondary N) is 1. The van der Waals surface area contributed by atoms with E-state index in [1.54, 1.807) is 29.2 Å². The molecule has 0 radical (unpaired) electrons.